The number of barbiturate groups is 1. The van der Waals surface area contributed by atoms with E-state index in [1.54, 1.807) is 36.4 Å². The summed E-state index contributed by atoms with van der Waals surface area (Å²) >= 11 is 2.12. The highest BCUT2D eigenvalue weighted by atomic mass is 127. The van der Waals surface area contributed by atoms with E-state index in [-0.39, 0.29) is 11.7 Å². The van der Waals surface area contributed by atoms with Gasteiger partial charge in [-0.2, -0.15) is 0 Å². The molecule has 1 heterocycles. The fourth-order valence-corrected chi connectivity index (χ4v) is 3.83. The molecule has 3 rings (SSSR count). The van der Waals surface area contributed by atoms with Crippen LogP contribution in [0.4, 0.5) is 10.5 Å². The first-order chi connectivity index (χ1) is 15.2. The van der Waals surface area contributed by atoms with Crippen LogP contribution in [-0.2, 0) is 9.59 Å². The predicted octanol–water partition coefficient (Wildman–Crippen LogP) is 4.15. The zero-order valence-electron chi connectivity index (χ0n) is 18.1. The van der Waals surface area contributed by atoms with Crippen LogP contribution in [0.25, 0.3) is 6.08 Å². The van der Waals surface area contributed by atoms with Gasteiger partial charge in [0.2, 0.25) is 0 Å². The first-order valence-electron chi connectivity index (χ1n) is 9.93. The van der Waals surface area contributed by atoms with Gasteiger partial charge in [0, 0.05) is 0 Å². The highest BCUT2D eigenvalue weighted by Gasteiger charge is 2.36. The number of carbonyl (C=O) groups is 3. The largest absolute Gasteiger partial charge is 0.497 e. The van der Waals surface area contributed by atoms with Crippen LogP contribution in [0.5, 0.6) is 17.2 Å². The Morgan fingerprint density at radius 1 is 1.12 bits per heavy atom. The smallest absolute Gasteiger partial charge is 0.335 e. The highest BCUT2D eigenvalue weighted by Crippen LogP contribution is 2.36. The number of anilines is 1. The van der Waals surface area contributed by atoms with Crippen molar-refractivity contribution in [1.29, 1.82) is 0 Å². The third-order valence-corrected chi connectivity index (χ3v) is 5.23. The Morgan fingerprint density at radius 2 is 1.81 bits per heavy atom. The van der Waals surface area contributed by atoms with E-state index in [1.165, 1.54) is 13.2 Å². The molecule has 1 saturated heterocycles. The Labute approximate surface area is 199 Å². The van der Waals surface area contributed by atoms with Gasteiger partial charge in [-0.15, -0.1) is 0 Å². The number of hydrogen-bond donors (Lipinski definition) is 1. The molecule has 0 bridgehead atoms. The quantitative estimate of drug-likeness (QED) is 0.316. The lowest BCUT2D eigenvalue weighted by atomic mass is 10.1. The van der Waals surface area contributed by atoms with Crippen molar-refractivity contribution in [2.45, 2.75) is 26.9 Å². The van der Waals surface area contributed by atoms with Crippen molar-refractivity contribution in [2.24, 2.45) is 0 Å². The Bertz CT molecular complexity index is 1080. The fraction of sp³-hybridized carbons (Fsp3) is 0.261. The van der Waals surface area contributed by atoms with Crippen LogP contribution in [-0.4, -0.2) is 37.7 Å². The van der Waals surface area contributed by atoms with Crippen LogP contribution in [0.1, 0.15) is 26.3 Å². The number of carbonyl (C=O) groups excluding carboxylic acids is 3. The molecular weight excluding hydrogens is 527 g/mol. The number of nitrogens with zero attached hydrogens (tertiary/aromatic N) is 1. The molecule has 9 heteroatoms. The van der Waals surface area contributed by atoms with Crippen LogP contribution >= 0.6 is 22.6 Å². The van der Waals surface area contributed by atoms with E-state index < -0.39 is 17.8 Å². The van der Waals surface area contributed by atoms with Crippen molar-refractivity contribution >= 4 is 52.2 Å². The molecule has 1 aliphatic rings. The minimum absolute atomic E-state index is 0.0540. The van der Waals surface area contributed by atoms with Gasteiger partial charge in [0.25, 0.3) is 11.8 Å². The van der Waals surface area contributed by atoms with Gasteiger partial charge in [0.05, 0.1) is 29.1 Å². The van der Waals surface area contributed by atoms with E-state index in [2.05, 4.69) is 27.9 Å². The van der Waals surface area contributed by atoms with Crippen molar-refractivity contribution in [1.82, 2.24) is 5.32 Å². The number of ether oxygens (including phenoxy) is 3. The van der Waals surface area contributed by atoms with E-state index in [1.807, 2.05) is 20.8 Å². The maximum Gasteiger partial charge on any atom is 0.335 e. The third kappa shape index (κ3) is 5.04. The minimum Gasteiger partial charge on any atom is -0.497 e. The number of amides is 4. The molecule has 4 amide bonds. The SMILES string of the molecule is CCOc1cc(/C=C2\C(=O)NC(=O)N(c3ccc(OC)cc3)C2=O)cc(I)c1OC(C)C. The summed E-state index contributed by atoms with van der Waals surface area (Å²) in [5.74, 6) is 0.192. The Kier molecular flexibility index (Phi) is 7.39. The Hall–Kier alpha value is -3.08. The molecule has 0 unspecified atom stereocenters. The molecular formula is C23H23IN2O6. The minimum atomic E-state index is -0.812. The van der Waals surface area contributed by atoms with Crippen LogP contribution in [0, 0.1) is 3.57 Å². The summed E-state index contributed by atoms with van der Waals surface area (Å²) < 4.78 is 17.4. The summed E-state index contributed by atoms with van der Waals surface area (Å²) in [6.45, 7) is 6.10. The summed E-state index contributed by atoms with van der Waals surface area (Å²) in [6.07, 6.45) is 1.38. The lowest BCUT2D eigenvalue weighted by Crippen LogP contribution is -2.54. The molecule has 0 aliphatic carbocycles. The first-order valence-corrected chi connectivity index (χ1v) is 11.0. The van der Waals surface area contributed by atoms with Crippen molar-refractivity contribution in [3.05, 3.63) is 51.1 Å². The van der Waals surface area contributed by atoms with Gasteiger partial charge in [-0.05, 0) is 91.4 Å². The maximum atomic E-state index is 13.1. The normalized spacial score (nSPS) is 15.2. The third-order valence-electron chi connectivity index (χ3n) is 4.43. The van der Waals surface area contributed by atoms with Crippen LogP contribution in [0.15, 0.2) is 42.0 Å². The summed E-state index contributed by atoms with van der Waals surface area (Å²) in [6, 6.07) is 9.05. The molecule has 1 fully saturated rings. The number of benzene rings is 2. The second-order valence-electron chi connectivity index (χ2n) is 7.09. The first kappa shape index (κ1) is 23.6. The number of imide groups is 2. The maximum absolute atomic E-state index is 13.1. The number of rotatable bonds is 7. The van der Waals surface area contributed by atoms with Gasteiger partial charge < -0.3 is 14.2 Å². The number of hydrogen-bond acceptors (Lipinski definition) is 6. The lowest BCUT2D eigenvalue weighted by Gasteiger charge is -2.26. The zero-order valence-corrected chi connectivity index (χ0v) is 20.3. The highest BCUT2D eigenvalue weighted by molar-refractivity contribution is 14.1. The predicted molar refractivity (Wildman–Crippen MR) is 128 cm³/mol. The van der Waals surface area contributed by atoms with Gasteiger partial charge in [0.1, 0.15) is 11.3 Å². The Morgan fingerprint density at radius 3 is 2.41 bits per heavy atom. The molecule has 0 saturated carbocycles. The van der Waals surface area contributed by atoms with Gasteiger partial charge in [-0.25, -0.2) is 9.69 Å². The molecule has 2 aromatic rings. The molecule has 168 valence electrons. The van der Waals surface area contributed by atoms with Crippen molar-refractivity contribution in [3.8, 4) is 17.2 Å². The lowest BCUT2D eigenvalue weighted by molar-refractivity contribution is -0.122. The number of urea groups is 1. The van der Waals surface area contributed by atoms with Crippen LogP contribution in [0.3, 0.4) is 0 Å². The summed E-state index contributed by atoms with van der Waals surface area (Å²) in [4.78, 5) is 38.9. The Balaban J connectivity index is 2.01. The molecule has 1 aliphatic heterocycles. The van der Waals surface area contributed by atoms with Gasteiger partial charge in [0.15, 0.2) is 11.5 Å². The summed E-state index contributed by atoms with van der Waals surface area (Å²) in [5.41, 5.74) is 0.713. The topological polar surface area (TPSA) is 94.2 Å². The number of nitrogens with one attached hydrogen (secondary N) is 1. The number of methoxy groups -OCH3 is 1. The van der Waals surface area contributed by atoms with E-state index in [4.69, 9.17) is 14.2 Å². The molecule has 2 aromatic carbocycles. The average Bonchev–Trinajstić information content (AvgIpc) is 2.74. The summed E-state index contributed by atoms with van der Waals surface area (Å²) in [7, 11) is 1.52. The average molecular weight is 550 g/mol. The second kappa shape index (κ2) is 10.0. The zero-order chi connectivity index (χ0) is 23.4. The molecule has 0 spiro atoms. The van der Waals surface area contributed by atoms with Crippen molar-refractivity contribution in [2.75, 3.05) is 18.6 Å². The van der Waals surface area contributed by atoms with Gasteiger partial charge in [-0.3, -0.25) is 14.9 Å². The van der Waals surface area contributed by atoms with Crippen molar-refractivity contribution in [3.63, 3.8) is 0 Å². The molecule has 1 N–H and O–H groups in total. The standard InChI is InChI=1S/C23H23IN2O6/c1-5-31-19-12-14(11-18(24)20(19)32-13(2)3)10-17-21(27)25-23(29)26(22(17)28)15-6-8-16(30-4)9-7-15/h6-13H,5H2,1-4H3,(H,25,27,29)/b17-10+. The molecule has 8 nitrogen and oxygen atoms in total. The summed E-state index contributed by atoms with van der Waals surface area (Å²) in [5, 5.41) is 2.22. The molecule has 0 atom stereocenters. The molecule has 0 radical (unpaired) electrons. The van der Waals surface area contributed by atoms with E-state index in [0.717, 1.165) is 8.47 Å². The monoisotopic (exact) mass is 550 g/mol. The molecule has 0 aromatic heterocycles. The second-order valence-corrected chi connectivity index (χ2v) is 8.25. The van der Waals surface area contributed by atoms with Gasteiger partial charge >= 0.3 is 6.03 Å². The fourth-order valence-electron chi connectivity index (χ4n) is 3.07. The van der Waals surface area contributed by atoms with Gasteiger partial charge in [-0.1, -0.05) is 0 Å². The number of halogens is 1. The van der Waals surface area contributed by atoms with E-state index in [0.29, 0.717) is 35.1 Å². The van der Waals surface area contributed by atoms with Crippen molar-refractivity contribution < 1.29 is 28.6 Å². The van der Waals surface area contributed by atoms with Crippen LogP contribution in [0.2, 0.25) is 0 Å². The van der Waals surface area contributed by atoms with Crippen LogP contribution < -0.4 is 24.4 Å². The van der Waals surface area contributed by atoms with E-state index >= 15 is 0 Å². The molecule has 32 heavy (non-hydrogen) atoms. The van der Waals surface area contributed by atoms with E-state index in [9.17, 15) is 14.4 Å².